The highest BCUT2D eigenvalue weighted by atomic mass is 32.2. The Morgan fingerprint density at radius 1 is 0.820 bits per heavy atom. The number of rotatable bonds is 17. The van der Waals surface area contributed by atoms with Crippen LogP contribution >= 0.6 is 0 Å². The topological polar surface area (TPSA) is 114 Å². The molecule has 266 valence electrons. The molecule has 50 heavy (non-hydrogen) atoms. The maximum Gasteiger partial charge on any atom is 0.264 e. The number of carbonyl (C=O) groups is 2. The van der Waals surface area contributed by atoms with Gasteiger partial charge in [-0.15, -0.1) is 0 Å². The van der Waals surface area contributed by atoms with Crippen molar-refractivity contribution in [1.82, 2.24) is 10.2 Å². The first-order valence-corrected chi connectivity index (χ1v) is 18.1. The number of anilines is 1. The van der Waals surface area contributed by atoms with Gasteiger partial charge in [0.2, 0.25) is 11.8 Å². The van der Waals surface area contributed by atoms with Gasteiger partial charge in [0.15, 0.2) is 11.5 Å². The molecule has 4 rings (SSSR count). The van der Waals surface area contributed by atoms with Crippen LogP contribution in [-0.4, -0.2) is 64.6 Å². The van der Waals surface area contributed by atoms with Crippen molar-refractivity contribution in [2.75, 3.05) is 31.7 Å². The number of nitrogens with one attached hydrogen (secondary N) is 1. The maximum absolute atomic E-state index is 14.7. The summed E-state index contributed by atoms with van der Waals surface area (Å²) in [5.74, 6) is 0.258. The third-order valence-corrected chi connectivity index (χ3v) is 10.1. The van der Waals surface area contributed by atoms with Gasteiger partial charge in [0.1, 0.15) is 18.3 Å². The molecule has 0 saturated heterocycles. The molecule has 2 atom stereocenters. The van der Waals surface area contributed by atoms with E-state index in [1.54, 1.807) is 24.3 Å². The molecule has 0 aliphatic carbocycles. The van der Waals surface area contributed by atoms with E-state index in [-0.39, 0.29) is 41.2 Å². The predicted octanol–water partition coefficient (Wildman–Crippen LogP) is 6.16. The quantitative estimate of drug-likeness (QED) is 0.140. The van der Waals surface area contributed by atoms with E-state index >= 15 is 0 Å². The van der Waals surface area contributed by atoms with Crippen LogP contribution in [0.3, 0.4) is 0 Å². The smallest absolute Gasteiger partial charge is 0.264 e. The van der Waals surface area contributed by atoms with E-state index in [0.717, 1.165) is 21.0 Å². The first kappa shape index (κ1) is 37.8. The Labute approximate surface area is 296 Å². The van der Waals surface area contributed by atoms with Crippen LogP contribution < -0.4 is 23.8 Å². The highest BCUT2D eigenvalue weighted by molar-refractivity contribution is 7.92. The molecule has 0 spiro atoms. The average Bonchev–Trinajstić information content (AvgIpc) is 3.12. The van der Waals surface area contributed by atoms with E-state index in [0.29, 0.717) is 24.5 Å². The summed E-state index contributed by atoms with van der Waals surface area (Å²) in [7, 11) is -1.48. The molecule has 0 fully saturated rings. The number of sulfonamides is 1. The first-order valence-electron chi connectivity index (χ1n) is 16.7. The lowest BCUT2D eigenvalue weighted by molar-refractivity contribution is -0.140. The molecule has 0 saturated carbocycles. The molecule has 0 heterocycles. The monoisotopic (exact) mass is 701 g/mol. The molecule has 0 aliphatic heterocycles. The summed E-state index contributed by atoms with van der Waals surface area (Å²) in [4.78, 5) is 30.2. The van der Waals surface area contributed by atoms with Crippen LogP contribution in [0.15, 0.2) is 102 Å². The number of aryl methyl sites for hydroxylation is 1. The van der Waals surface area contributed by atoms with Gasteiger partial charge in [-0.05, 0) is 74.7 Å². The fourth-order valence-electron chi connectivity index (χ4n) is 5.51. The largest absolute Gasteiger partial charge is 0.494 e. The summed E-state index contributed by atoms with van der Waals surface area (Å²) in [6, 6.07) is 26.9. The summed E-state index contributed by atoms with van der Waals surface area (Å²) in [6.07, 6.45) is 0.927. The van der Waals surface area contributed by atoms with Crippen LogP contribution in [0, 0.1) is 6.92 Å². The molecule has 2 amide bonds. The second-order valence-electron chi connectivity index (χ2n) is 12.0. The van der Waals surface area contributed by atoms with Gasteiger partial charge in [-0.2, -0.15) is 0 Å². The van der Waals surface area contributed by atoms with Gasteiger partial charge in [-0.1, -0.05) is 67.1 Å². The van der Waals surface area contributed by atoms with Gasteiger partial charge in [-0.25, -0.2) is 8.42 Å². The van der Waals surface area contributed by atoms with Crippen LogP contribution in [0.1, 0.15) is 43.9 Å². The van der Waals surface area contributed by atoms with Crippen molar-refractivity contribution in [3.63, 3.8) is 0 Å². The van der Waals surface area contributed by atoms with Gasteiger partial charge < -0.3 is 24.4 Å². The number of nitrogens with zero attached hydrogens (tertiary/aromatic N) is 2. The number of amides is 2. The number of carbonyl (C=O) groups excluding carboxylic acids is 2. The van der Waals surface area contributed by atoms with E-state index in [4.69, 9.17) is 14.2 Å². The number of ether oxygens (including phenoxy) is 3. The van der Waals surface area contributed by atoms with Crippen molar-refractivity contribution < 1.29 is 32.2 Å². The summed E-state index contributed by atoms with van der Waals surface area (Å²) in [5.41, 5.74) is 2.91. The van der Waals surface area contributed by atoms with E-state index < -0.39 is 28.5 Å². The lowest BCUT2D eigenvalue weighted by Crippen LogP contribution is -2.54. The summed E-state index contributed by atoms with van der Waals surface area (Å²) in [6.45, 7) is 7.62. The highest BCUT2D eigenvalue weighted by Gasteiger charge is 2.35. The maximum atomic E-state index is 14.7. The molecule has 1 N–H and O–H groups in total. The zero-order valence-corrected chi connectivity index (χ0v) is 30.4. The fourth-order valence-corrected chi connectivity index (χ4v) is 6.94. The van der Waals surface area contributed by atoms with Gasteiger partial charge >= 0.3 is 0 Å². The van der Waals surface area contributed by atoms with Crippen LogP contribution in [0.2, 0.25) is 0 Å². The lowest BCUT2D eigenvalue weighted by Gasteiger charge is -2.34. The van der Waals surface area contributed by atoms with E-state index in [1.807, 2.05) is 82.3 Å². The Hall–Kier alpha value is -5.03. The first-order chi connectivity index (χ1) is 24.0. The zero-order chi connectivity index (χ0) is 36.3. The molecule has 4 aromatic rings. The van der Waals surface area contributed by atoms with Crippen molar-refractivity contribution in [2.45, 2.75) is 64.1 Å². The summed E-state index contributed by atoms with van der Waals surface area (Å²) < 4.78 is 46.4. The number of methoxy groups -OCH3 is 2. The minimum Gasteiger partial charge on any atom is -0.494 e. The minimum atomic E-state index is -4.36. The summed E-state index contributed by atoms with van der Waals surface area (Å²) in [5, 5.41) is 3.06. The highest BCUT2D eigenvalue weighted by Crippen LogP contribution is 2.33. The van der Waals surface area contributed by atoms with Crippen LogP contribution in [-0.2, 0) is 32.6 Å². The van der Waals surface area contributed by atoms with E-state index in [1.165, 1.54) is 37.3 Å². The lowest BCUT2D eigenvalue weighted by atomic mass is 10.0. The Balaban J connectivity index is 1.84. The van der Waals surface area contributed by atoms with Gasteiger partial charge in [0.05, 0.1) is 31.4 Å². The van der Waals surface area contributed by atoms with Crippen LogP contribution in [0.5, 0.6) is 17.2 Å². The van der Waals surface area contributed by atoms with Crippen molar-refractivity contribution >= 4 is 27.5 Å². The third kappa shape index (κ3) is 9.56. The number of benzene rings is 4. The average molecular weight is 702 g/mol. The van der Waals surface area contributed by atoms with Crippen LogP contribution in [0.4, 0.5) is 5.69 Å². The fraction of sp³-hybridized carbons (Fsp3) is 0.333. The SMILES string of the molecule is CCOc1ccc(N(CC(=O)N(Cc2cccc(C)c2)[C@@H](Cc2ccccc2)C(=O)N[C@H](C)CC)S(=O)(=O)c2ccc(OC)c(OC)c2)cc1. The predicted molar refractivity (Wildman–Crippen MR) is 195 cm³/mol. The standard InChI is InChI=1S/C39H47N3O7S/c1-7-29(4)40-39(44)35(24-30-14-10-9-11-15-30)41(26-31-16-12-13-28(3)23-31)38(43)27-42(32-17-19-33(20-18-32)49-8-2)50(45,46)34-21-22-36(47-5)37(25-34)48-6/h9-23,25,29,35H,7-8,24,26-27H2,1-6H3,(H,40,44)/t29-,35+/m1/s1. The number of hydrogen-bond acceptors (Lipinski definition) is 7. The molecular weight excluding hydrogens is 655 g/mol. The van der Waals surface area contributed by atoms with Crippen molar-refractivity contribution in [3.05, 3.63) is 114 Å². The van der Waals surface area contributed by atoms with Crippen molar-refractivity contribution in [3.8, 4) is 17.2 Å². The molecule has 4 aromatic carbocycles. The van der Waals surface area contributed by atoms with E-state index in [2.05, 4.69) is 5.32 Å². The normalized spacial score (nSPS) is 12.4. The van der Waals surface area contributed by atoms with Gasteiger partial charge in [0.25, 0.3) is 10.0 Å². The molecule has 0 aromatic heterocycles. The zero-order valence-electron chi connectivity index (χ0n) is 29.6. The minimum absolute atomic E-state index is 0.0828. The van der Waals surface area contributed by atoms with Crippen molar-refractivity contribution in [1.29, 1.82) is 0 Å². The second kappa shape index (κ2) is 17.6. The molecule has 0 aliphatic rings. The number of hydrogen-bond donors (Lipinski definition) is 1. The summed E-state index contributed by atoms with van der Waals surface area (Å²) >= 11 is 0. The molecule has 0 bridgehead atoms. The van der Waals surface area contributed by atoms with Crippen molar-refractivity contribution in [2.24, 2.45) is 0 Å². The molecular formula is C39H47N3O7S. The molecule has 0 radical (unpaired) electrons. The van der Waals surface area contributed by atoms with Gasteiger partial charge in [0, 0.05) is 25.1 Å². The molecule has 11 heteroatoms. The Morgan fingerprint density at radius 3 is 2.12 bits per heavy atom. The Kier molecular flexibility index (Phi) is 13.3. The molecule has 0 unspecified atom stereocenters. The van der Waals surface area contributed by atoms with Crippen LogP contribution in [0.25, 0.3) is 0 Å². The Bertz CT molecular complexity index is 1830. The second-order valence-corrected chi connectivity index (χ2v) is 13.9. The van der Waals surface area contributed by atoms with E-state index in [9.17, 15) is 18.0 Å². The third-order valence-electron chi connectivity index (χ3n) is 8.37. The Morgan fingerprint density at radius 2 is 1.50 bits per heavy atom. The molecule has 10 nitrogen and oxygen atoms in total. The van der Waals surface area contributed by atoms with Gasteiger partial charge in [-0.3, -0.25) is 13.9 Å².